The molecule has 0 spiro atoms. The van der Waals surface area contributed by atoms with Crippen molar-refractivity contribution in [2.24, 2.45) is 0 Å². The van der Waals surface area contributed by atoms with Gasteiger partial charge >= 0.3 is 0 Å². The van der Waals surface area contributed by atoms with E-state index < -0.39 is 14.3 Å². The molecule has 2 atom stereocenters. The normalized spacial score (nSPS) is 27.3. The van der Waals surface area contributed by atoms with E-state index in [-0.39, 0.29) is 0 Å². The molecule has 2 heterocycles. The first kappa shape index (κ1) is 19.2. The van der Waals surface area contributed by atoms with Crippen LogP contribution in [0.4, 0.5) is 0 Å². The molecule has 0 radical (unpaired) electrons. The number of hydrogen-bond acceptors (Lipinski definition) is 2. The van der Waals surface area contributed by atoms with Gasteiger partial charge in [-0.05, 0) is 26.1 Å². The lowest BCUT2D eigenvalue weighted by atomic mass is 10.3. The Kier molecular flexibility index (Phi) is 5.86. The molecule has 2 aliphatic rings. The van der Waals surface area contributed by atoms with Crippen LogP contribution in [0, 0.1) is 0 Å². The van der Waals surface area contributed by atoms with Crippen molar-refractivity contribution in [2.45, 2.75) is 20.3 Å². The Balaban J connectivity index is 0.000000151. The van der Waals surface area contributed by atoms with Crippen LogP contribution in [0.3, 0.4) is 0 Å². The van der Waals surface area contributed by atoms with Gasteiger partial charge in [-0.25, -0.2) is 0 Å². The first-order valence-corrected chi connectivity index (χ1v) is 13.1. The Labute approximate surface area is 156 Å². The van der Waals surface area contributed by atoms with Crippen molar-refractivity contribution in [1.82, 2.24) is 0 Å². The van der Waals surface area contributed by atoms with E-state index in [2.05, 4.69) is 19.9 Å². The molecule has 0 N–H and O–H groups in total. The van der Waals surface area contributed by atoms with Gasteiger partial charge < -0.3 is 9.13 Å². The molecular formula is C22H26O2P2. The van der Waals surface area contributed by atoms with Crippen LogP contribution in [0.15, 0.2) is 83.7 Å². The van der Waals surface area contributed by atoms with Gasteiger partial charge in [-0.15, -0.1) is 0 Å². The fourth-order valence-electron chi connectivity index (χ4n) is 3.44. The maximum atomic E-state index is 12.4. The highest BCUT2D eigenvalue weighted by molar-refractivity contribution is 7.74. The summed E-state index contributed by atoms with van der Waals surface area (Å²) in [6, 6.07) is 19.7. The predicted molar refractivity (Wildman–Crippen MR) is 114 cm³/mol. The molecule has 0 aliphatic carbocycles. The maximum Gasteiger partial charge on any atom is 0.136 e. The van der Waals surface area contributed by atoms with Gasteiger partial charge in [-0.1, -0.05) is 77.9 Å². The average Bonchev–Trinajstić information content (AvgIpc) is 3.20. The van der Waals surface area contributed by atoms with Crippen molar-refractivity contribution in [2.75, 3.05) is 18.5 Å². The van der Waals surface area contributed by atoms with Crippen molar-refractivity contribution in [3.05, 3.63) is 83.7 Å². The van der Waals surface area contributed by atoms with Crippen molar-refractivity contribution < 1.29 is 9.13 Å². The van der Waals surface area contributed by atoms with E-state index in [4.69, 9.17) is 0 Å². The van der Waals surface area contributed by atoms with Crippen molar-refractivity contribution >= 4 is 24.9 Å². The average molecular weight is 384 g/mol. The number of allylic oxidation sites excluding steroid dienone is 3. The number of hydrogen-bond donors (Lipinski definition) is 0. The van der Waals surface area contributed by atoms with Gasteiger partial charge in [-0.3, -0.25) is 0 Å². The van der Waals surface area contributed by atoms with Crippen molar-refractivity contribution in [1.29, 1.82) is 0 Å². The molecule has 4 rings (SSSR count). The highest BCUT2D eigenvalue weighted by Gasteiger charge is 2.28. The summed E-state index contributed by atoms with van der Waals surface area (Å²) < 4.78 is 24.7. The van der Waals surface area contributed by atoms with Gasteiger partial charge in [0.2, 0.25) is 0 Å². The molecule has 26 heavy (non-hydrogen) atoms. The van der Waals surface area contributed by atoms with E-state index in [1.54, 1.807) is 0 Å². The van der Waals surface area contributed by atoms with E-state index in [0.29, 0.717) is 0 Å². The summed E-state index contributed by atoms with van der Waals surface area (Å²) in [6.07, 6.45) is 5.45. The molecule has 2 aliphatic heterocycles. The molecule has 0 saturated heterocycles. The quantitative estimate of drug-likeness (QED) is 0.498. The molecule has 0 aromatic heterocycles. The molecule has 2 nitrogen and oxygen atoms in total. The van der Waals surface area contributed by atoms with Crippen LogP contribution in [0.25, 0.3) is 0 Å². The molecule has 0 saturated carbocycles. The zero-order valence-electron chi connectivity index (χ0n) is 15.5. The Morgan fingerprint density at radius 1 is 0.769 bits per heavy atom. The zero-order chi connectivity index (χ0) is 18.6. The van der Waals surface area contributed by atoms with Gasteiger partial charge in [0.25, 0.3) is 0 Å². The largest absolute Gasteiger partial charge is 0.318 e. The minimum absolute atomic E-state index is 0.753. The molecule has 2 aromatic carbocycles. The van der Waals surface area contributed by atoms with Crippen LogP contribution >= 0.6 is 14.3 Å². The minimum Gasteiger partial charge on any atom is -0.318 e. The van der Waals surface area contributed by atoms with Crippen LogP contribution in [-0.2, 0) is 9.13 Å². The van der Waals surface area contributed by atoms with Crippen molar-refractivity contribution in [3.8, 4) is 0 Å². The lowest BCUT2D eigenvalue weighted by molar-refractivity contribution is 0.585. The summed E-state index contributed by atoms with van der Waals surface area (Å²) in [6.45, 7) is 4.12. The third-order valence-electron chi connectivity index (χ3n) is 4.93. The van der Waals surface area contributed by atoms with Gasteiger partial charge in [-0.2, -0.15) is 0 Å². The van der Waals surface area contributed by atoms with Gasteiger partial charge in [0.1, 0.15) is 14.3 Å². The van der Waals surface area contributed by atoms with Gasteiger partial charge in [0, 0.05) is 29.1 Å². The van der Waals surface area contributed by atoms with Crippen LogP contribution < -0.4 is 10.6 Å². The first-order chi connectivity index (χ1) is 12.4. The summed E-state index contributed by atoms with van der Waals surface area (Å²) in [4.78, 5) is 0. The Bertz CT molecular complexity index is 912. The van der Waals surface area contributed by atoms with Crippen LogP contribution in [-0.4, -0.2) is 18.5 Å². The Morgan fingerprint density at radius 2 is 1.35 bits per heavy atom. The second-order valence-corrected chi connectivity index (χ2v) is 13.0. The SMILES string of the molecule is CC1=CCP(=O)(c2ccccc2)C1.CC1=CP(=O)(c2ccccc2)CC1. The van der Waals surface area contributed by atoms with Crippen LogP contribution in [0.5, 0.6) is 0 Å². The van der Waals surface area contributed by atoms with E-state index in [9.17, 15) is 9.13 Å². The van der Waals surface area contributed by atoms with E-state index in [0.717, 1.165) is 35.5 Å². The number of benzene rings is 2. The summed E-state index contributed by atoms with van der Waals surface area (Å²) in [5, 5.41) is 2.04. The maximum absolute atomic E-state index is 12.4. The smallest absolute Gasteiger partial charge is 0.136 e. The molecule has 136 valence electrons. The zero-order valence-corrected chi connectivity index (χ0v) is 17.3. The lowest BCUT2D eigenvalue weighted by Crippen LogP contribution is -2.05. The number of rotatable bonds is 2. The monoisotopic (exact) mass is 384 g/mol. The highest BCUT2D eigenvalue weighted by Crippen LogP contribution is 2.52. The molecule has 0 fully saturated rings. The molecule has 0 amide bonds. The van der Waals surface area contributed by atoms with E-state index in [1.165, 1.54) is 11.1 Å². The predicted octanol–water partition coefficient (Wildman–Crippen LogP) is 5.62. The fraction of sp³-hybridized carbons (Fsp3) is 0.273. The van der Waals surface area contributed by atoms with Crippen LogP contribution in [0.1, 0.15) is 20.3 Å². The summed E-state index contributed by atoms with van der Waals surface area (Å²) in [5.41, 5.74) is 2.54. The van der Waals surface area contributed by atoms with E-state index in [1.807, 2.05) is 66.5 Å². The topological polar surface area (TPSA) is 34.1 Å². The fourth-order valence-corrected chi connectivity index (χ4v) is 8.96. The van der Waals surface area contributed by atoms with Gasteiger partial charge in [0.15, 0.2) is 0 Å². The third kappa shape index (κ3) is 4.37. The van der Waals surface area contributed by atoms with Crippen LogP contribution in [0.2, 0.25) is 0 Å². The highest BCUT2D eigenvalue weighted by atomic mass is 31.2. The summed E-state index contributed by atoms with van der Waals surface area (Å²) in [5.74, 6) is 1.97. The lowest BCUT2D eigenvalue weighted by Gasteiger charge is -2.11. The van der Waals surface area contributed by atoms with Crippen molar-refractivity contribution in [3.63, 3.8) is 0 Å². The second kappa shape index (κ2) is 7.95. The Hall–Kier alpha value is -1.62. The molecular weight excluding hydrogens is 358 g/mol. The first-order valence-electron chi connectivity index (χ1n) is 9.03. The molecule has 0 bridgehead atoms. The minimum atomic E-state index is -2.14. The summed E-state index contributed by atoms with van der Waals surface area (Å²) in [7, 11) is -4.21. The van der Waals surface area contributed by atoms with Gasteiger partial charge in [0.05, 0.1) is 0 Å². The Morgan fingerprint density at radius 3 is 1.81 bits per heavy atom. The summed E-state index contributed by atoms with van der Waals surface area (Å²) >= 11 is 0. The molecule has 4 heteroatoms. The third-order valence-corrected chi connectivity index (χ3v) is 10.9. The molecule has 2 aromatic rings. The van der Waals surface area contributed by atoms with E-state index >= 15 is 0 Å². The molecule has 2 unspecified atom stereocenters. The standard InChI is InChI=1S/2C11H13OP/c2*1-10-7-8-13(12,9-10)11-5-3-2-4-6-11/h2-6,9H,7-8H2,1H3;2-7H,8-9H2,1H3. The second-order valence-electron chi connectivity index (χ2n) is 7.20.